The Labute approximate surface area is 190 Å². The molecule has 0 aliphatic carbocycles. The van der Waals surface area contributed by atoms with E-state index >= 15 is 0 Å². The van der Waals surface area contributed by atoms with E-state index in [9.17, 15) is 0 Å². The first-order valence-electron chi connectivity index (χ1n) is 10.9. The van der Waals surface area contributed by atoms with E-state index in [0.717, 1.165) is 22.4 Å². The molecule has 3 saturated heterocycles. The molecule has 33 heavy (non-hydrogen) atoms. The van der Waals surface area contributed by atoms with Crippen LogP contribution < -0.4 is 0 Å². The summed E-state index contributed by atoms with van der Waals surface area (Å²) in [5, 5.41) is 0. The van der Waals surface area contributed by atoms with Gasteiger partial charge in [-0.1, -0.05) is 0 Å². The third kappa shape index (κ3) is 4.39. The number of nitrogens with zero attached hydrogens (tertiary/aromatic N) is 3. The van der Waals surface area contributed by atoms with Crippen molar-refractivity contribution in [3.8, 4) is 22.8 Å². The molecule has 6 rings (SSSR count). The molecule has 3 aromatic rings. The first-order valence-corrected chi connectivity index (χ1v) is 10.9. The maximum atomic E-state index is 5.76. The molecule has 3 aliphatic heterocycles. The number of aromatic nitrogens is 3. The number of ether oxygens (including phenoxy) is 6. The molecule has 9 heteroatoms. The van der Waals surface area contributed by atoms with Crippen LogP contribution in [0.2, 0.25) is 0 Å². The Kier molecular flexibility index (Phi) is 5.81. The molecule has 0 N–H and O–H groups in total. The van der Waals surface area contributed by atoms with Crippen LogP contribution in [0.5, 0.6) is 0 Å². The summed E-state index contributed by atoms with van der Waals surface area (Å²) >= 11 is 0. The normalized spacial score (nSPS) is 21.8. The van der Waals surface area contributed by atoms with Crippen molar-refractivity contribution in [3.05, 3.63) is 65.5 Å². The summed E-state index contributed by atoms with van der Waals surface area (Å²) in [6, 6.07) is 11.6. The number of hydrogen-bond donors (Lipinski definition) is 0. The van der Waals surface area contributed by atoms with Crippen molar-refractivity contribution in [3.63, 3.8) is 0 Å². The van der Waals surface area contributed by atoms with E-state index in [1.165, 1.54) is 0 Å². The van der Waals surface area contributed by atoms with Gasteiger partial charge in [0.15, 0.2) is 12.6 Å². The summed E-state index contributed by atoms with van der Waals surface area (Å²) in [5.74, 6) is 0. The van der Waals surface area contributed by atoms with Crippen LogP contribution in [0, 0.1) is 0 Å². The van der Waals surface area contributed by atoms with Crippen LogP contribution >= 0.6 is 0 Å². The summed E-state index contributed by atoms with van der Waals surface area (Å²) < 4.78 is 33.8. The lowest BCUT2D eigenvalue weighted by Gasteiger charge is -2.15. The molecular weight excluding hydrogens is 426 g/mol. The van der Waals surface area contributed by atoms with Gasteiger partial charge in [0.25, 0.3) is 0 Å². The second-order valence-corrected chi connectivity index (χ2v) is 7.91. The van der Waals surface area contributed by atoms with Crippen LogP contribution in [0.3, 0.4) is 0 Å². The minimum atomic E-state index is -0.454. The van der Waals surface area contributed by atoms with Crippen molar-refractivity contribution in [2.75, 3.05) is 39.8 Å². The lowest BCUT2D eigenvalue weighted by Crippen LogP contribution is -2.04. The van der Waals surface area contributed by atoms with Gasteiger partial charge in [-0.2, -0.15) is 0 Å². The average molecular weight is 449 g/mol. The molecule has 3 aliphatic rings. The van der Waals surface area contributed by atoms with E-state index in [1.807, 2.05) is 36.4 Å². The zero-order valence-corrected chi connectivity index (χ0v) is 17.9. The summed E-state index contributed by atoms with van der Waals surface area (Å²) in [6.07, 6.45) is 2.55. The van der Waals surface area contributed by atoms with Crippen LogP contribution in [0.25, 0.3) is 22.8 Å². The predicted molar refractivity (Wildman–Crippen MR) is 115 cm³/mol. The summed E-state index contributed by atoms with van der Waals surface area (Å²) in [7, 11) is 0. The SMILES string of the molecule is c1cc(C2COCO2)cc(-c2cc(C3OCCO3)cc(-c3cc(C4OCCO4)ccn3)n2)n1. The Morgan fingerprint density at radius 2 is 1.15 bits per heavy atom. The lowest BCUT2D eigenvalue weighted by atomic mass is 10.1. The van der Waals surface area contributed by atoms with E-state index in [-0.39, 0.29) is 12.4 Å². The van der Waals surface area contributed by atoms with Crippen molar-refractivity contribution >= 4 is 0 Å². The molecule has 3 fully saturated rings. The highest BCUT2D eigenvalue weighted by molar-refractivity contribution is 5.64. The fourth-order valence-corrected chi connectivity index (χ4v) is 4.10. The monoisotopic (exact) mass is 449 g/mol. The van der Waals surface area contributed by atoms with Gasteiger partial charge >= 0.3 is 0 Å². The summed E-state index contributed by atoms with van der Waals surface area (Å²) in [5.41, 5.74) is 5.57. The van der Waals surface area contributed by atoms with E-state index < -0.39 is 6.29 Å². The molecule has 0 saturated carbocycles. The Morgan fingerprint density at radius 3 is 1.76 bits per heavy atom. The maximum Gasteiger partial charge on any atom is 0.184 e. The Bertz CT molecular complexity index is 1050. The quantitative estimate of drug-likeness (QED) is 0.581. The van der Waals surface area contributed by atoms with Crippen molar-refractivity contribution < 1.29 is 28.4 Å². The third-order valence-electron chi connectivity index (χ3n) is 5.72. The van der Waals surface area contributed by atoms with Gasteiger partial charge in [0.1, 0.15) is 12.9 Å². The summed E-state index contributed by atoms with van der Waals surface area (Å²) in [4.78, 5) is 14.0. The van der Waals surface area contributed by atoms with Gasteiger partial charge in [-0.3, -0.25) is 9.97 Å². The Morgan fingerprint density at radius 1 is 0.606 bits per heavy atom. The largest absolute Gasteiger partial charge is 0.352 e. The van der Waals surface area contributed by atoms with E-state index in [4.69, 9.17) is 33.4 Å². The van der Waals surface area contributed by atoms with Crippen molar-refractivity contribution in [2.24, 2.45) is 0 Å². The van der Waals surface area contributed by atoms with Gasteiger partial charge in [-0.05, 0) is 42.0 Å². The predicted octanol–water partition coefficient (Wildman–Crippen LogP) is 3.34. The van der Waals surface area contributed by atoms with Crippen molar-refractivity contribution in [1.82, 2.24) is 15.0 Å². The van der Waals surface area contributed by atoms with E-state index in [2.05, 4.69) is 9.97 Å². The van der Waals surface area contributed by atoms with Crippen LogP contribution in [0.4, 0.5) is 0 Å². The highest BCUT2D eigenvalue weighted by Crippen LogP contribution is 2.32. The smallest absolute Gasteiger partial charge is 0.184 e. The van der Waals surface area contributed by atoms with E-state index in [0.29, 0.717) is 56.9 Å². The Hall–Kier alpha value is -2.79. The standard InChI is InChI=1S/C24H23N3O6/c1-3-25-18(9-15(1)22-13-28-14-33-22)20-11-17(24-31-7-8-32-24)12-21(27-20)19-10-16(2-4-26-19)23-29-5-6-30-23/h1-4,9-12,22-24H,5-8,13-14H2. The van der Waals surface area contributed by atoms with Gasteiger partial charge < -0.3 is 28.4 Å². The zero-order chi connectivity index (χ0) is 22.0. The molecule has 0 bridgehead atoms. The molecule has 3 aromatic heterocycles. The van der Waals surface area contributed by atoms with Crippen LogP contribution in [-0.2, 0) is 28.4 Å². The fourth-order valence-electron chi connectivity index (χ4n) is 4.10. The van der Waals surface area contributed by atoms with Crippen molar-refractivity contribution in [1.29, 1.82) is 0 Å². The molecule has 0 radical (unpaired) electrons. The van der Waals surface area contributed by atoms with Gasteiger partial charge in [0, 0.05) is 23.5 Å². The second-order valence-electron chi connectivity index (χ2n) is 7.91. The van der Waals surface area contributed by atoms with Gasteiger partial charge in [-0.25, -0.2) is 4.98 Å². The lowest BCUT2D eigenvalue weighted by molar-refractivity contribution is -0.0444. The fraction of sp³-hybridized carbons (Fsp3) is 0.375. The van der Waals surface area contributed by atoms with Gasteiger partial charge in [0.05, 0.1) is 55.8 Å². The number of rotatable bonds is 5. The molecule has 1 atom stereocenters. The number of pyridine rings is 3. The molecule has 9 nitrogen and oxygen atoms in total. The molecule has 0 amide bonds. The molecule has 1 unspecified atom stereocenters. The average Bonchev–Trinajstić information content (AvgIpc) is 3.67. The molecule has 170 valence electrons. The second kappa shape index (κ2) is 9.22. The molecule has 6 heterocycles. The molecular formula is C24H23N3O6. The summed E-state index contributed by atoms with van der Waals surface area (Å²) in [6.45, 7) is 3.08. The third-order valence-corrected chi connectivity index (χ3v) is 5.72. The minimum Gasteiger partial charge on any atom is -0.352 e. The highest BCUT2D eigenvalue weighted by Gasteiger charge is 2.24. The Balaban J connectivity index is 1.41. The van der Waals surface area contributed by atoms with Crippen LogP contribution in [0.15, 0.2) is 48.8 Å². The highest BCUT2D eigenvalue weighted by atomic mass is 16.7. The van der Waals surface area contributed by atoms with Crippen LogP contribution in [-0.4, -0.2) is 54.8 Å². The van der Waals surface area contributed by atoms with Crippen LogP contribution in [0.1, 0.15) is 35.4 Å². The first kappa shape index (κ1) is 20.8. The van der Waals surface area contributed by atoms with Gasteiger partial charge in [-0.15, -0.1) is 0 Å². The zero-order valence-electron chi connectivity index (χ0n) is 17.9. The molecule has 0 aromatic carbocycles. The number of hydrogen-bond acceptors (Lipinski definition) is 9. The molecule has 0 spiro atoms. The van der Waals surface area contributed by atoms with Crippen molar-refractivity contribution in [2.45, 2.75) is 18.7 Å². The first-order chi connectivity index (χ1) is 16.3. The topological polar surface area (TPSA) is 94.1 Å². The maximum absolute atomic E-state index is 5.76. The minimum absolute atomic E-state index is 0.110. The van der Waals surface area contributed by atoms with E-state index in [1.54, 1.807) is 12.4 Å². The van der Waals surface area contributed by atoms with Gasteiger partial charge in [0.2, 0.25) is 0 Å².